The molecule has 2 heterocycles. The van der Waals surface area contributed by atoms with Gasteiger partial charge in [-0.1, -0.05) is 0 Å². The van der Waals surface area contributed by atoms with Crippen molar-refractivity contribution in [1.29, 1.82) is 5.26 Å². The first kappa shape index (κ1) is 13.1. The molecule has 0 N–H and O–H groups in total. The Bertz CT molecular complexity index is 601. The summed E-state index contributed by atoms with van der Waals surface area (Å²) < 4.78 is 1.13. The lowest BCUT2D eigenvalue weighted by molar-refractivity contribution is 0.895. The summed E-state index contributed by atoms with van der Waals surface area (Å²) >= 11 is 5.12. The van der Waals surface area contributed by atoms with Crippen molar-refractivity contribution >= 4 is 33.1 Å². The van der Waals surface area contributed by atoms with Gasteiger partial charge in [-0.15, -0.1) is 11.3 Å². The molecule has 3 nitrogen and oxygen atoms in total. The molecular formula is C13H12BrN3S. The summed E-state index contributed by atoms with van der Waals surface area (Å²) in [5, 5.41) is 11.1. The van der Waals surface area contributed by atoms with Crippen LogP contribution in [0.15, 0.2) is 27.4 Å². The Morgan fingerprint density at radius 3 is 2.83 bits per heavy atom. The van der Waals surface area contributed by atoms with E-state index in [0.29, 0.717) is 5.56 Å². The van der Waals surface area contributed by atoms with E-state index >= 15 is 0 Å². The van der Waals surface area contributed by atoms with Crippen LogP contribution in [0.1, 0.15) is 16.8 Å². The molecule has 0 fully saturated rings. The van der Waals surface area contributed by atoms with E-state index in [2.05, 4.69) is 38.4 Å². The van der Waals surface area contributed by atoms with Gasteiger partial charge in [0, 0.05) is 19.3 Å². The SMILES string of the molecule is Cc1cc(C#N)cc(N(C)Cc2csc(Br)c2)n1. The first-order valence-corrected chi connectivity index (χ1v) is 7.08. The molecule has 0 bridgehead atoms. The van der Waals surface area contributed by atoms with Gasteiger partial charge in [-0.2, -0.15) is 5.26 Å². The van der Waals surface area contributed by atoms with E-state index in [4.69, 9.17) is 5.26 Å². The lowest BCUT2D eigenvalue weighted by Crippen LogP contribution is -2.17. The lowest BCUT2D eigenvalue weighted by atomic mass is 10.2. The Hall–Kier alpha value is -1.38. The highest BCUT2D eigenvalue weighted by molar-refractivity contribution is 9.11. The minimum Gasteiger partial charge on any atom is -0.355 e. The molecule has 0 unspecified atom stereocenters. The zero-order valence-electron chi connectivity index (χ0n) is 10.1. The number of hydrogen-bond acceptors (Lipinski definition) is 4. The van der Waals surface area contributed by atoms with Gasteiger partial charge in [0.15, 0.2) is 0 Å². The number of anilines is 1. The minimum atomic E-state index is 0.649. The number of thiophene rings is 1. The van der Waals surface area contributed by atoms with Crippen LogP contribution in [0.25, 0.3) is 0 Å². The van der Waals surface area contributed by atoms with Gasteiger partial charge >= 0.3 is 0 Å². The molecule has 5 heteroatoms. The Labute approximate surface area is 119 Å². The normalized spacial score (nSPS) is 10.1. The van der Waals surface area contributed by atoms with Crippen LogP contribution in [-0.4, -0.2) is 12.0 Å². The number of pyridine rings is 1. The highest BCUT2D eigenvalue weighted by atomic mass is 79.9. The van der Waals surface area contributed by atoms with Crippen molar-refractivity contribution in [2.45, 2.75) is 13.5 Å². The fraction of sp³-hybridized carbons (Fsp3) is 0.231. The molecule has 0 aliphatic heterocycles. The topological polar surface area (TPSA) is 39.9 Å². The predicted molar refractivity (Wildman–Crippen MR) is 77.8 cm³/mol. The van der Waals surface area contributed by atoms with Gasteiger partial charge in [-0.25, -0.2) is 4.98 Å². The Kier molecular flexibility index (Phi) is 4.00. The van der Waals surface area contributed by atoms with E-state index in [1.807, 2.05) is 24.9 Å². The number of nitriles is 1. The van der Waals surface area contributed by atoms with Crippen molar-refractivity contribution in [2.24, 2.45) is 0 Å². The first-order valence-electron chi connectivity index (χ1n) is 5.41. The summed E-state index contributed by atoms with van der Waals surface area (Å²) in [4.78, 5) is 6.50. The molecule has 0 saturated carbocycles. The molecule has 0 saturated heterocycles. The fourth-order valence-corrected chi connectivity index (χ4v) is 2.90. The van der Waals surface area contributed by atoms with Crippen LogP contribution in [0.2, 0.25) is 0 Å². The van der Waals surface area contributed by atoms with Crippen LogP contribution in [0.5, 0.6) is 0 Å². The van der Waals surface area contributed by atoms with Gasteiger partial charge in [0.2, 0.25) is 0 Å². The van der Waals surface area contributed by atoms with Crippen LogP contribution in [0, 0.1) is 18.3 Å². The van der Waals surface area contributed by atoms with Crippen molar-refractivity contribution in [2.75, 3.05) is 11.9 Å². The fourth-order valence-electron chi connectivity index (χ4n) is 1.69. The van der Waals surface area contributed by atoms with Gasteiger partial charge in [-0.3, -0.25) is 0 Å². The average molecular weight is 322 g/mol. The van der Waals surface area contributed by atoms with Crippen LogP contribution in [0.3, 0.4) is 0 Å². The molecule has 0 aliphatic carbocycles. The predicted octanol–water partition coefficient (Wildman–Crippen LogP) is 3.72. The molecule has 0 amide bonds. The van der Waals surface area contributed by atoms with E-state index in [1.54, 1.807) is 17.4 Å². The smallest absolute Gasteiger partial charge is 0.130 e. The van der Waals surface area contributed by atoms with Crippen molar-refractivity contribution < 1.29 is 0 Å². The zero-order chi connectivity index (χ0) is 13.1. The average Bonchev–Trinajstić information content (AvgIpc) is 2.73. The third kappa shape index (κ3) is 3.09. The molecule has 0 aromatic carbocycles. The summed E-state index contributed by atoms with van der Waals surface area (Å²) in [6.07, 6.45) is 0. The Morgan fingerprint density at radius 1 is 1.44 bits per heavy atom. The van der Waals surface area contributed by atoms with Crippen molar-refractivity contribution in [1.82, 2.24) is 4.98 Å². The van der Waals surface area contributed by atoms with E-state index in [0.717, 1.165) is 21.8 Å². The summed E-state index contributed by atoms with van der Waals surface area (Å²) in [5.41, 5.74) is 2.74. The number of halogens is 1. The van der Waals surface area contributed by atoms with Gasteiger partial charge in [0.25, 0.3) is 0 Å². The molecule has 92 valence electrons. The molecule has 2 rings (SSSR count). The van der Waals surface area contributed by atoms with Gasteiger partial charge in [0.1, 0.15) is 5.82 Å². The second-order valence-corrected chi connectivity index (χ2v) is 6.37. The maximum absolute atomic E-state index is 8.96. The number of hydrogen-bond donors (Lipinski definition) is 0. The first-order chi connectivity index (χ1) is 8.58. The quantitative estimate of drug-likeness (QED) is 0.864. The second-order valence-electron chi connectivity index (χ2n) is 4.08. The Balaban J connectivity index is 2.21. The summed E-state index contributed by atoms with van der Waals surface area (Å²) in [5.74, 6) is 0.828. The van der Waals surface area contributed by atoms with E-state index in [-0.39, 0.29) is 0 Å². The van der Waals surface area contributed by atoms with Crippen LogP contribution in [0.4, 0.5) is 5.82 Å². The van der Waals surface area contributed by atoms with Crippen molar-refractivity contribution in [3.05, 3.63) is 44.2 Å². The maximum Gasteiger partial charge on any atom is 0.130 e. The highest BCUT2D eigenvalue weighted by Crippen LogP contribution is 2.23. The van der Waals surface area contributed by atoms with Crippen molar-refractivity contribution in [3.63, 3.8) is 0 Å². The summed E-state index contributed by atoms with van der Waals surface area (Å²) in [6, 6.07) is 7.86. The standard InChI is InChI=1S/C13H12BrN3S/c1-9-3-10(6-15)5-13(16-9)17(2)7-11-4-12(14)18-8-11/h3-5,8H,7H2,1-2H3. The number of nitrogens with zero attached hydrogens (tertiary/aromatic N) is 3. The van der Waals surface area contributed by atoms with Crippen LogP contribution in [-0.2, 0) is 6.54 Å². The molecule has 0 aliphatic rings. The molecule has 0 spiro atoms. The number of aryl methyl sites for hydroxylation is 1. The largest absolute Gasteiger partial charge is 0.355 e. The Morgan fingerprint density at radius 2 is 2.22 bits per heavy atom. The maximum atomic E-state index is 8.96. The van der Waals surface area contributed by atoms with Crippen LogP contribution < -0.4 is 4.90 Å². The number of rotatable bonds is 3. The lowest BCUT2D eigenvalue weighted by Gasteiger charge is -2.18. The van der Waals surface area contributed by atoms with E-state index in [1.165, 1.54) is 5.56 Å². The second kappa shape index (κ2) is 5.51. The van der Waals surface area contributed by atoms with Gasteiger partial charge in [0.05, 0.1) is 15.4 Å². The molecule has 2 aromatic rings. The number of aromatic nitrogens is 1. The highest BCUT2D eigenvalue weighted by Gasteiger charge is 2.07. The molecular weight excluding hydrogens is 310 g/mol. The van der Waals surface area contributed by atoms with E-state index < -0.39 is 0 Å². The van der Waals surface area contributed by atoms with Crippen LogP contribution >= 0.6 is 27.3 Å². The molecule has 0 radical (unpaired) electrons. The molecule has 2 aromatic heterocycles. The van der Waals surface area contributed by atoms with Crippen molar-refractivity contribution in [3.8, 4) is 6.07 Å². The van der Waals surface area contributed by atoms with Gasteiger partial charge < -0.3 is 4.90 Å². The van der Waals surface area contributed by atoms with E-state index in [9.17, 15) is 0 Å². The van der Waals surface area contributed by atoms with Gasteiger partial charge in [-0.05, 0) is 52.0 Å². The third-order valence-corrected chi connectivity index (χ3v) is 4.05. The molecule has 0 atom stereocenters. The zero-order valence-corrected chi connectivity index (χ0v) is 12.5. The summed E-state index contributed by atoms with van der Waals surface area (Å²) in [6.45, 7) is 2.68. The minimum absolute atomic E-state index is 0.649. The third-order valence-electron chi connectivity index (χ3n) is 2.50. The summed E-state index contributed by atoms with van der Waals surface area (Å²) in [7, 11) is 1.98. The monoisotopic (exact) mass is 321 g/mol. The molecule has 18 heavy (non-hydrogen) atoms.